The Morgan fingerprint density at radius 3 is 2.62 bits per heavy atom. The Labute approximate surface area is 234 Å². The minimum atomic E-state index is -1.21. The fraction of sp³-hybridized carbons (Fsp3) is 0.276. The van der Waals surface area contributed by atoms with Gasteiger partial charge in [0.1, 0.15) is 22.2 Å². The number of anilines is 1. The van der Waals surface area contributed by atoms with E-state index in [-0.39, 0.29) is 22.2 Å². The summed E-state index contributed by atoms with van der Waals surface area (Å²) in [5.41, 5.74) is 3.67. The van der Waals surface area contributed by atoms with E-state index in [4.69, 9.17) is 16.0 Å². The molecule has 40 heavy (non-hydrogen) atoms. The van der Waals surface area contributed by atoms with E-state index >= 15 is 0 Å². The lowest BCUT2D eigenvalue weighted by Gasteiger charge is -2.26. The number of hydrogen-bond donors (Lipinski definition) is 2. The van der Waals surface area contributed by atoms with Crippen LogP contribution in [0.2, 0.25) is 5.15 Å². The van der Waals surface area contributed by atoms with Gasteiger partial charge in [-0.2, -0.15) is 5.10 Å². The second-order valence-electron chi connectivity index (χ2n) is 9.92. The van der Waals surface area contributed by atoms with E-state index in [0.29, 0.717) is 58.7 Å². The second kappa shape index (κ2) is 10.6. The molecular formula is C29H28ClN5O5. The van der Waals surface area contributed by atoms with Crippen LogP contribution in [0.25, 0.3) is 16.5 Å². The molecule has 0 unspecified atom stereocenters. The number of aromatic nitrogens is 3. The molecule has 0 saturated carbocycles. The van der Waals surface area contributed by atoms with Crippen molar-refractivity contribution in [2.75, 3.05) is 18.4 Å². The average Bonchev–Trinajstić information content (AvgIpc) is 3.37. The summed E-state index contributed by atoms with van der Waals surface area (Å²) in [7, 11) is 1.76. The van der Waals surface area contributed by atoms with E-state index in [1.165, 1.54) is 6.07 Å². The van der Waals surface area contributed by atoms with Gasteiger partial charge in [0.2, 0.25) is 0 Å². The van der Waals surface area contributed by atoms with Gasteiger partial charge in [-0.1, -0.05) is 23.7 Å². The summed E-state index contributed by atoms with van der Waals surface area (Å²) in [6, 6.07) is 8.03. The van der Waals surface area contributed by atoms with Crippen molar-refractivity contribution >= 4 is 45.7 Å². The molecule has 1 aliphatic heterocycles. The van der Waals surface area contributed by atoms with Gasteiger partial charge in [-0.25, -0.2) is 9.78 Å². The third kappa shape index (κ3) is 5.10. The molecule has 1 amide bonds. The van der Waals surface area contributed by atoms with Gasteiger partial charge in [-0.05, 0) is 62.6 Å². The smallest absolute Gasteiger partial charge is 0.356 e. The van der Waals surface area contributed by atoms with Gasteiger partial charge in [-0.15, -0.1) is 0 Å². The maximum absolute atomic E-state index is 13.5. The Bertz CT molecular complexity index is 1760. The van der Waals surface area contributed by atoms with E-state index in [1.54, 1.807) is 47.9 Å². The largest absolute Gasteiger partial charge is 0.476 e. The molecule has 0 spiro atoms. The number of carbonyl (C=O) groups excluding carboxylic acids is 1. The first-order valence-electron chi connectivity index (χ1n) is 12.8. The van der Waals surface area contributed by atoms with Crippen LogP contribution in [0.15, 0.2) is 51.8 Å². The van der Waals surface area contributed by atoms with E-state index in [1.807, 2.05) is 26.0 Å². The van der Waals surface area contributed by atoms with Crippen molar-refractivity contribution in [2.45, 2.75) is 33.2 Å². The molecular weight excluding hydrogens is 534 g/mol. The van der Waals surface area contributed by atoms with E-state index in [9.17, 15) is 19.5 Å². The van der Waals surface area contributed by atoms with Gasteiger partial charge in [0.15, 0.2) is 11.1 Å². The van der Waals surface area contributed by atoms with Crippen LogP contribution >= 0.6 is 11.6 Å². The van der Waals surface area contributed by atoms with Crippen molar-refractivity contribution in [3.05, 3.63) is 91.8 Å². The molecule has 0 fully saturated rings. The molecule has 10 nitrogen and oxygen atoms in total. The van der Waals surface area contributed by atoms with E-state index in [2.05, 4.69) is 15.4 Å². The Kier molecular flexibility index (Phi) is 7.20. The summed E-state index contributed by atoms with van der Waals surface area (Å²) < 4.78 is 8.05. The first-order chi connectivity index (χ1) is 19.0. The number of halogens is 1. The van der Waals surface area contributed by atoms with Crippen molar-refractivity contribution in [1.29, 1.82) is 0 Å². The highest BCUT2D eigenvalue weighted by molar-refractivity contribution is 6.29. The van der Waals surface area contributed by atoms with Crippen molar-refractivity contribution in [3.63, 3.8) is 0 Å². The predicted octanol–water partition coefficient (Wildman–Crippen LogP) is 4.99. The fourth-order valence-corrected chi connectivity index (χ4v) is 5.12. The van der Waals surface area contributed by atoms with Crippen LogP contribution in [0.5, 0.6) is 0 Å². The monoisotopic (exact) mass is 561 g/mol. The highest BCUT2D eigenvalue weighted by atomic mass is 35.5. The van der Waals surface area contributed by atoms with Gasteiger partial charge in [-0.3, -0.25) is 14.3 Å². The molecule has 1 atom stereocenters. The third-order valence-corrected chi connectivity index (χ3v) is 7.23. The summed E-state index contributed by atoms with van der Waals surface area (Å²) in [6.45, 7) is 6.32. The number of benzene rings is 1. The highest BCUT2D eigenvalue weighted by Gasteiger charge is 2.25. The first-order valence-corrected chi connectivity index (χ1v) is 13.1. The zero-order chi connectivity index (χ0) is 28.7. The molecule has 0 saturated heterocycles. The molecule has 11 heteroatoms. The van der Waals surface area contributed by atoms with Crippen molar-refractivity contribution < 1.29 is 19.1 Å². The number of hydrogen-bond acceptors (Lipinski definition) is 7. The van der Waals surface area contributed by atoms with Crippen LogP contribution in [0.1, 0.15) is 62.8 Å². The Morgan fingerprint density at radius 1 is 1.20 bits per heavy atom. The number of aryl methyl sites for hydroxylation is 2. The molecule has 206 valence electrons. The van der Waals surface area contributed by atoms with Gasteiger partial charge < -0.3 is 19.7 Å². The summed E-state index contributed by atoms with van der Waals surface area (Å²) in [5, 5.41) is 17.5. The molecule has 3 aromatic heterocycles. The average molecular weight is 562 g/mol. The predicted molar refractivity (Wildman–Crippen MR) is 152 cm³/mol. The zero-order valence-corrected chi connectivity index (χ0v) is 23.2. The fourth-order valence-electron chi connectivity index (χ4n) is 4.97. The molecule has 0 bridgehead atoms. The standard InChI is InChI=1S/C29H28ClN5O5/c1-15-13-19(17(3)31-21-5-6-23(30)32-24(21)29(38)39)27-20(14-15)25(36)16(2)26(40-27)18-7-11-35(12-8-18)28(37)22-9-10-34(4)33-22/h5-7,9-10,13-14,17,31H,8,11-12H2,1-4H3,(H,38,39)/t17-/m1/s1. The first kappa shape index (κ1) is 27.1. The number of carboxylic acid groups (broad SMARTS) is 1. The third-order valence-electron chi connectivity index (χ3n) is 7.02. The van der Waals surface area contributed by atoms with Gasteiger partial charge >= 0.3 is 5.97 Å². The minimum absolute atomic E-state index is 0.0729. The summed E-state index contributed by atoms with van der Waals surface area (Å²) >= 11 is 5.91. The lowest BCUT2D eigenvalue weighted by molar-refractivity contribution is 0.0690. The van der Waals surface area contributed by atoms with Crippen molar-refractivity contribution in [2.24, 2.45) is 7.05 Å². The molecule has 0 aliphatic carbocycles. The highest BCUT2D eigenvalue weighted by Crippen LogP contribution is 2.33. The van der Waals surface area contributed by atoms with E-state index < -0.39 is 12.0 Å². The number of carbonyl (C=O) groups is 2. The lowest BCUT2D eigenvalue weighted by Crippen LogP contribution is -2.35. The van der Waals surface area contributed by atoms with Gasteiger partial charge in [0.25, 0.3) is 5.91 Å². The summed E-state index contributed by atoms with van der Waals surface area (Å²) in [5.74, 6) is -0.877. The number of aromatic carboxylic acids is 1. The van der Waals surface area contributed by atoms with Crippen molar-refractivity contribution in [3.8, 4) is 0 Å². The Balaban J connectivity index is 1.51. The van der Waals surface area contributed by atoms with Gasteiger partial charge in [0.05, 0.1) is 17.1 Å². The molecule has 4 aromatic rings. The molecule has 1 aliphatic rings. The van der Waals surface area contributed by atoms with Crippen LogP contribution in [-0.2, 0) is 7.05 Å². The SMILES string of the molecule is Cc1cc([C@@H](C)Nc2ccc(Cl)nc2C(=O)O)c2oc(C3=CCN(C(=O)c4ccn(C)n4)CC3)c(C)c(=O)c2c1. The summed E-state index contributed by atoms with van der Waals surface area (Å²) in [4.78, 5) is 43.8. The molecule has 4 heterocycles. The lowest BCUT2D eigenvalue weighted by atomic mass is 9.97. The minimum Gasteiger partial charge on any atom is -0.476 e. The van der Waals surface area contributed by atoms with Crippen LogP contribution < -0.4 is 10.7 Å². The van der Waals surface area contributed by atoms with Crippen LogP contribution in [0.4, 0.5) is 5.69 Å². The number of fused-ring (bicyclic) bond motifs is 1. The number of amides is 1. The number of rotatable bonds is 6. The molecule has 2 N–H and O–H groups in total. The van der Waals surface area contributed by atoms with Crippen LogP contribution in [0, 0.1) is 13.8 Å². The maximum atomic E-state index is 13.5. The topological polar surface area (TPSA) is 131 Å². The Morgan fingerprint density at radius 2 is 1.98 bits per heavy atom. The van der Waals surface area contributed by atoms with Crippen molar-refractivity contribution in [1.82, 2.24) is 19.7 Å². The molecule has 0 radical (unpaired) electrons. The second-order valence-corrected chi connectivity index (χ2v) is 10.3. The van der Waals surface area contributed by atoms with Gasteiger partial charge in [0, 0.05) is 37.5 Å². The molecule has 1 aromatic carbocycles. The normalized spacial score (nSPS) is 14.2. The quantitative estimate of drug-likeness (QED) is 0.315. The number of nitrogens with zero attached hydrogens (tertiary/aromatic N) is 4. The maximum Gasteiger partial charge on any atom is 0.356 e. The number of nitrogens with one attached hydrogen (secondary N) is 1. The summed E-state index contributed by atoms with van der Waals surface area (Å²) in [6.07, 6.45) is 4.16. The van der Waals surface area contributed by atoms with Crippen LogP contribution in [0.3, 0.4) is 0 Å². The Hall–Kier alpha value is -4.44. The van der Waals surface area contributed by atoms with E-state index in [0.717, 1.165) is 11.1 Å². The molecule has 5 rings (SSSR count). The van der Waals surface area contributed by atoms with Crippen LogP contribution in [-0.4, -0.2) is 49.7 Å². The number of carboxylic acids is 1. The zero-order valence-electron chi connectivity index (χ0n) is 22.5. The number of pyridine rings is 1.